The van der Waals surface area contributed by atoms with Gasteiger partial charge in [0.05, 0.1) is 17.2 Å². The number of hydrogen-bond acceptors (Lipinski definition) is 4. The quantitative estimate of drug-likeness (QED) is 0.783. The van der Waals surface area contributed by atoms with E-state index in [2.05, 4.69) is 5.16 Å². The van der Waals surface area contributed by atoms with E-state index in [4.69, 9.17) is 9.78 Å². The molecule has 0 saturated carbocycles. The summed E-state index contributed by atoms with van der Waals surface area (Å²) < 4.78 is 5.29. The van der Waals surface area contributed by atoms with Crippen molar-refractivity contribution in [1.82, 2.24) is 5.16 Å². The maximum Gasteiger partial charge on any atom is 0.336 e. The highest BCUT2D eigenvalue weighted by atomic mass is 16.5. The Morgan fingerprint density at radius 3 is 2.62 bits per heavy atom. The molecular weight excluding hydrogens is 304 g/mol. The topological polar surface area (TPSA) is 87.1 Å². The van der Waals surface area contributed by atoms with Gasteiger partial charge in [-0.15, -0.1) is 0 Å². The van der Waals surface area contributed by atoms with E-state index in [0.717, 1.165) is 5.56 Å². The maximum absolute atomic E-state index is 11.3. The minimum Gasteiger partial charge on any atom is -0.478 e. The first-order valence-electron chi connectivity index (χ1n) is 7.15. The summed E-state index contributed by atoms with van der Waals surface area (Å²) in [6.45, 7) is 0. The number of carbonyl (C=O) groups is 1. The number of carboxylic acids is 1. The lowest BCUT2D eigenvalue weighted by atomic mass is 10.0. The van der Waals surface area contributed by atoms with Gasteiger partial charge in [0.15, 0.2) is 5.76 Å². The third kappa shape index (κ3) is 3.23. The Morgan fingerprint density at radius 1 is 1.12 bits per heavy atom. The van der Waals surface area contributed by atoms with Crippen molar-refractivity contribution >= 4 is 18.1 Å². The lowest BCUT2D eigenvalue weighted by Crippen LogP contribution is -2.00. The third-order valence-electron chi connectivity index (χ3n) is 3.43. The Balaban J connectivity index is 1.88. The van der Waals surface area contributed by atoms with Crippen LogP contribution >= 0.6 is 0 Å². The van der Waals surface area contributed by atoms with Gasteiger partial charge in [-0.3, -0.25) is 0 Å². The zero-order valence-electron chi connectivity index (χ0n) is 12.5. The molecule has 0 fully saturated rings. The molecule has 0 aliphatic rings. The molecule has 0 amide bonds. The highest BCUT2D eigenvalue weighted by molar-refractivity contribution is 5.93. The molecule has 0 saturated heterocycles. The first-order chi connectivity index (χ1) is 11.7. The zero-order valence-corrected chi connectivity index (χ0v) is 12.5. The van der Waals surface area contributed by atoms with Crippen molar-refractivity contribution in [1.29, 1.82) is 5.26 Å². The van der Waals surface area contributed by atoms with Crippen LogP contribution in [0.2, 0.25) is 0 Å². The van der Waals surface area contributed by atoms with Crippen LogP contribution in [0, 0.1) is 11.3 Å². The number of aromatic carboxylic acids is 1. The maximum atomic E-state index is 11.3. The van der Waals surface area contributed by atoms with Crippen LogP contribution in [-0.4, -0.2) is 16.2 Å². The smallest absolute Gasteiger partial charge is 0.336 e. The molecule has 0 aliphatic carbocycles. The van der Waals surface area contributed by atoms with Gasteiger partial charge in [-0.25, -0.2) is 4.79 Å². The van der Waals surface area contributed by atoms with E-state index in [0.29, 0.717) is 22.6 Å². The van der Waals surface area contributed by atoms with E-state index in [1.807, 2.05) is 36.4 Å². The van der Waals surface area contributed by atoms with E-state index in [1.165, 1.54) is 6.07 Å². The van der Waals surface area contributed by atoms with Gasteiger partial charge < -0.3 is 9.63 Å². The summed E-state index contributed by atoms with van der Waals surface area (Å²) in [5, 5.41) is 22.1. The third-order valence-corrected chi connectivity index (χ3v) is 3.43. The average molecular weight is 316 g/mol. The largest absolute Gasteiger partial charge is 0.478 e. The fourth-order valence-electron chi connectivity index (χ4n) is 2.24. The molecule has 1 N–H and O–H groups in total. The molecule has 24 heavy (non-hydrogen) atoms. The normalized spacial score (nSPS) is 10.6. The van der Waals surface area contributed by atoms with Gasteiger partial charge in [-0.1, -0.05) is 47.6 Å². The molecule has 3 aromatic rings. The van der Waals surface area contributed by atoms with Crippen LogP contribution in [0.15, 0.2) is 59.1 Å². The molecule has 3 rings (SSSR count). The Morgan fingerprint density at radius 2 is 1.92 bits per heavy atom. The van der Waals surface area contributed by atoms with Gasteiger partial charge in [-0.2, -0.15) is 5.26 Å². The molecule has 0 radical (unpaired) electrons. The second-order valence-corrected chi connectivity index (χ2v) is 5.03. The van der Waals surface area contributed by atoms with Gasteiger partial charge in [0.25, 0.3) is 0 Å². The fourth-order valence-corrected chi connectivity index (χ4v) is 2.24. The average Bonchev–Trinajstić information content (AvgIpc) is 3.09. The monoisotopic (exact) mass is 316 g/mol. The molecule has 5 nitrogen and oxygen atoms in total. The van der Waals surface area contributed by atoms with Crippen molar-refractivity contribution in [3.63, 3.8) is 0 Å². The number of nitriles is 1. The summed E-state index contributed by atoms with van der Waals surface area (Å²) in [6, 6.07) is 17.8. The SMILES string of the molecule is N#Cc1ccc(C=Cc2cc(-c3ccccc3)on2)c(C(=O)O)c1. The van der Waals surface area contributed by atoms with E-state index in [9.17, 15) is 9.90 Å². The number of nitrogens with zero attached hydrogens (tertiary/aromatic N) is 2. The first-order valence-corrected chi connectivity index (χ1v) is 7.15. The minimum atomic E-state index is -1.09. The molecule has 1 aromatic heterocycles. The van der Waals surface area contributed by atoms with Crippen LogP contribution in [0.1, 0.15) is 27.2 Å². The van der Waals surface area contributed by atoms with Crippen molar-refractivity contribution in [2.45, 2.75) is 0 Å². The number of aromatic nitrogens is 1. The number of hydrogen-bond donors (Lipinski definition) is 1. The van der Waals surface area contributed by atoms with Crippen LogP contribution in [0.25, 0.3) is 23.5 Å². The summed E-state index contributed by atoms with van der Waals surface area (Å²) in [4.78, 5) is 11.3. The Labute approximate surface area is 138 Å². The van der Waals surface area contributed by atoms with E-state index < -0.39 is 5.97 Å². The molecule has 0 aliphatic heterocycles. The number of carboxylic acid groups (broad SMARTS) is 1. The van der Waals surface area contributed by atoms with Crippen molar-refractivity contribution in [2.75, 3.05) is 0 Å². The van der Waals surface area contributed by atoms with Crippen LogP contribution in [0.4, 0.5) is 0 Å². The summed E-state index contributed by atoms with van der Waals surface area (Å²) in [5.74, 6) is -0.453. The fraction of sp³-hybridized carbons (Fsp3) is 0. The molecule has 116 valence electrons. The van der Waals surface area contributed by atoms with Crippen molar-refractivity contribution in [3.05, 3.63) is 77.0 Å². The Kier molecular flexibility index (Phi) is 4.21. The van der Waals surface area contributed by atoms with Crippen LogP contribution in [-0.2, 0) is 0 Å². The summed E-state index contributed by atoms with van der Waals surface area (Å²) >= 11 is 0. The molecule has 0 unspecified atom stereocenters. The Bertz CT molecular complexity index is 950. The van der Waals surface area contributed by atoms with Crippen molar-refractivity contribution < 1.29 is 14.4 Å². The predicted octanol–water partition coefficient (Wildman–Crippen LogP) is 4.08. The second kappa shape index (κ2) is 6.63. The number of benzene rings is 2. The van der Waals surface area contributed by atoms with Crippen molar-refractivity contribution in [2.24, 2.45) is 0 Å². The zero-order chi connectivity index (χ0) is 16.9. The summed E-state index contributed by atoms with van der Waals surface area (Å²) in [7, 11) is 0. The summed E-state index contributed by atoms with van der Waals surface area (Å²) in [5.41, 5.74) is 2.35. The van der Waals surface area contributed by atoms with Gasteiger partial charge >= 0.3 is 5.97 Å². The first kappa shape index (κ1) is 15.3. The van der Waals surface area contributed by atoms with Crippen LogP contribution < -0.4 is 0 Å². The lowest BCUT2D eigenvalue weighted by Gasteiger charge is -2.01. The second-order valence-electron chi connectivity index (χ2n) is 5.03. The molecule has 0 atom stereocenters. The molecule has 5 heteroatoms. The van der Waals surface area contributed by atoms with Crippen LogP contribution in [0.5, 0.6) is 0 Å². The molecule has 0 spiro atoms. The lowest BCUT2D eigenvalue weighted by molar-refractivity contribution is 0.0696. The minimum absolute atomic E-state index is 0.0667. The highest BCUT2D eigenvalue weighted by Gasteiger charge is 2.10. The molecule has 2 aromatic carbocycles. The highest BCUT2D eigenvalue weighted by Crippen LogP contribution is 2.21. The molecular formula is C19H12N2O3. The number of rotatable bonds is 4. The van der Waals surface area contributed by atoms with Gasteiger partial charge in [0.1, 0.15) is 5.69 Å². The van der Waals surface area contributed by atoms with E-state index in [-0.39, 0.29) is 5.56 Å². The van der Waals surface area contributed by atoms with Crippen molar-refractivity contribution in [3.8, 4) is 17.4 Å². The van der Waals surface area contributed by atoms with Crippen LogP contribution in [0.3, 0.4) is 0 Å². The molecule has 1 heterocycles. The predicted molar refractivity (Wildman–Crippen MR) is 89.0 cm³/mol. The van der Waals surface area contributed by atoms with Gasteiger partial charge in [-0.05, 0) is 23.8 Å². The standard InChI is InChI=1S/C19H12N2O3/c20-12-13-6-7-14(17(10-13)19(22)23)8-9-16-11-18(24-21-16)15-4-2-1-3-5-15/h1-11H,(H,22,23). The van der Waals surface area contributed by atoms with Gasteiger partial charge in [0, 0.05) is 11.6 Å². The van der Waals surface area contributed by atoms with E-state index >= 15 is 0 Å². The van der Waals surface area contributed by atoms with Gasteiger partial charge in [0.2, 0.25) is 0 Å². The summed E-state index contributed by atoms with van der Waals surface area (Å²) in [6.07, 6.45) is 3.31. The van der Waals surface area contributed by atoms with E-state index in [1.54, 1.807) is 30.4 Å². The molecule has 0 bridgehead atoms. The Hall–Kier alpha value is -3.65.